The number of carbonyl (C=O) groups is 1. The molecule has 0 fully saturated rings. The third-order valence-corrected chi connectivity index (χ3v) is 6.08. The van der Waals surface area contributed by atoms with Gasteiger partial charge in [0.2, 0.25) is 0 Å². The third-order valence-electron chi connectivity index (χ3n) is 6.08. The number of fused-ring (bicyclic) bond motifs is 1. The second-order valence-electron chi connectivity index (χ2n) is 10.7. The fourth-order valence-electron chi connectivity index (χ4n) is 4.38. The maximum Gasteiger partial charge on any atom is 0.323 e. The number of phenols is 1. The molecule has 0 spiro atoms. The summed E-state index contributed by atoms with van der Waals surface area (Å²) in [5, 5.41) is 11.0. The Hall–Kier alpha value is -2.33. The zero-order valence-electron chi connectivity index (χ0n) is 20.1. The van der Waals surface area contributed by atoms with E-state index in [-0.39, 0.29) is 22.8 Å². The first-order valence-corrected chi connectivity index (χ1v) is 11.3. The Bertz CT molecular complexity index is 915. The lowest BCUT2D eigenvalue weighted by Gasteiger charge is -2.36. The molecule has 1 aliphatic heterocycles. The van der Waals surface area contributed by atoms with E-state index in [0.717, 1.165) is 16.7 Å². The van der Waals surface area contributed by atoms with Gasteiger partial charge in [-0.15, -0.1) is 0 Å². The van der Waals surface area contributed by atoms with Gasteiger partial charge in [-0.2, -0.15) is 0 Å². The van der Waals surface area contributed by atoms with Crippen molar-refractivity contribution in [3.63, 3.8) is 0 Å². The van der Waals surface area contributed by atoms with Crippen LogP contribution in [0.4, 0.5) is 0 Å². The third kappa shape index (κ3) is 5.12. The van der Waals surface area contributed by atoms with E-state index < -0.39 is 0 Å². The molecule has 0 aromatic heterocycles. The van der Waals surface area contributed by atoms with E-state index in [1.165, 1.54) is 11.1 Å². The van der Waals surface area contributed by atoms with Gasteiger partial charge in [-0.3, -0.25) is 9.69 Å². The highest BCUT2D eigenvalue weighted by Gasteiger charge is 2.33. The summed E-state index contributed by atoms with van der Waals surface area (Å²) >= 11 is 0. The van der Waals surface area contributed by atoms with Crippen LogP contribution in [0, 0.1) is 0 Å². The average Bonchev–Trinajstić information content (AvgIpc) is 2.67. The van der Waals surface area contributed by atoms with Gasteiger partial charge in [0.25, 0.3) is 0 Å². The van der Waals surface area contributed by atoms with Crippen LogP contribution in [-0.2, 0) is 39.9 Å². The van der Waals surface area contributed by atoms with Crippen molar-refractivity contribution in [3.8, 4) is 5.75 Å². The molecule has 0 amide bonds. The first-order chi connectivity index (χ1) is 14.4. The van der Waals surface area contributed by atoms with E-state index in [2.05, 4.69) is 76.8 Å². The molecular weight excluding hydrogens is 386 g/mol. The van der Waals surface area contributed by atoms with Crippen LogP contribution in [0.1, 0.15) is 76.3 Å². The Labute approximate surface area is 187 Å². The van der Waals surface area contributed by atoms with Crippen LogP contribution < -0.4 is 0 Å². The lowest BCUT2D eigenvalue weighted by molar-refractivity contribution is -0.150. The summed E-state index contributed by atoms with van der Waals surface area (Å²) in [5.74, 6) is 0.220. The summed E-state index contributed by atoms with van der Waals surface area (Å²) in [4.78, 5) is 15.0. The van der Waals surface area contributed by atoms with Crippen molar-refractivity contribution in [1.82, 2.24) is 4.90 Å². The van der Waals surface area contributed by atoms with Gasteiger partial charge in [-0.05, 0) is 52.0 Å². The van der Waals surface area contributed by atoms with E-state index >= 15 is 0 Å². The van der Waals surface area contributed by atoms with Crippen LogP contribution in [0.5, 0.6) is 5.75 Å². The number of esters is 1. The minimum atomic E-state index is -0.306. The fraction of sp³-hybridized carbons (Fsp3) is 0.519. The highest BCUT2D eigenvalue weighted by molar-refractivity contribution is 5.76. The van der Waals surface area contributed by atoms with Gasteiger partial charge in [0, 0.05) is 13.1 Å². The van der Waals surface area contributed by atoms with E-state index in [0.29, 0.717) is 31.9 Å². The molecule has 0 radical (unpaired) electrons. The number of rotatable bonds is 4. The van der Waals surface area contributed by atoms with Crippen LogP contribution in [0.2, 0.25) is 0 Å². The molecule has 168 valence electrons. The number of hydrogen-bond acceptors (Lipinski definition) is 4. The summed E-state index contributed by atoms with van der Waals surface area (Å²) < 4.78 is 5.42. The predicted octanol–water partition coefficient (Wildman–Crippen LogP) is 5.48. The first kappa shape index (κ1) is 23.3. The zero-order chi connectivity index (χ0) is 23.0. The van der Waals surface area contributed by atoms with Crippen molar-refractivity contribution in [1.29, 1.82) is 0 Å². The highest BCUT2D eigenvalue weighted by atomic mass is 16.5. The number of aromatic hydroxyl groups is 1. The predicted molar refractivity (Wildman–Crippen MR) is 125 cm³/mol. The van der Waals surface area contributed by atoms with E-state index in [1.807, 2.05) is 13.0 Å². The normalized spacial score (nSPS) is 17.3. The molecule has 1 atom stereocenters. The molecule has 3 rings (SSSR count). The standard InChI is InChI=1S/C27H37NO3/c1-8-31-25(30)23-15-19-11-9-10-12-20(19)17-28(23)16-18-13-21(26(2,3)4)24(29)22(14-18)27(5,6)7/h9-14,23,29H,8,15-17H2,1-7H3. The maximum absolute atomic E-state index is 12.8. The Balaban J connectivity index is 2.03. The molecule has 1 aliphatic rings. The summed E-state index contributed by atoms with van der Waals surface area (Å²) in [5.41, 5.74) is 5.10. The number of nitrogens with zero attached hydrogens (tertiary/aromatic N) is 1. The molecule has 2 aromatic rings. The van der Waals surface area contributed by atoms with Crippen LogP contribution in [0.3, 0.4) is 0 Å². The first-order valence-electron chi connectivity index (χ1n) is 11.3. The second-order valence-corrected chi connectivity index (χ2v) is 10.7. The molecule has 2 aromatic carbocycles. The van der Waals surface area contributed by atoms with Gasteiger partial charge in [-0.25, -0.2) is 0 Å². The Morgan fingerprint density at radius 2 is 1.58 bits per heavy atom. The van der Waals surface area contributed by atoms with E-state index in [9.17, 15) is 9.90 Å². The molecule has 0 aliphatic carbocycles. The number of benzene rings is 2. The molecule has 0 saturated carbocycles. The van der Waals surface area contributed by atoms with Crippen molar-refractivity contribution in [2.45, 2.75) is 84.8 Å². The molecular formula is C27H37NO3. The average molecular weight is 424 g/mol. The molecule has 1 unspecified atom stereocenters. The van der Waals surface area contributed by atoms with Crippen LogP contribution >= 0.6 is 0 Å². The zero-order valence-corrected chi connectivity index (χ0v) is 20.1. The van der Waals surface area contributed by atoms with Crippen molar-refractivity contribution >= 4 is 5.97 Å². The fourth-order valence-corrected chi connectivity index (χ4v) is 4.38. The van der Waals surface area contributed by atoms with Crippen molar-refractivity contribution in [2.75, 3.05) is 6.61 Å². The summed E-state index contributed by atoms with van der Waals surface area (Å²) in [6.45, 7) is 16.3. The molecule has 4 nitrogen and oxygen atoms in total. The second kappa shape index (κ2) is 8.66. The number of hydrogen-bond donors (Lipinski definition) is 1. The van der Waals surface area contributed by atoms with E-state index in [1.54, 1.807) is 0 Å². The Kier molecular flexibility index (Phi) is 6.52. The number of carbonyl (C=O) groups excluding carboxylic acids is 1. The lowest BCUT2D eigenvalue weighted by atomic mass is 9.78. The molecule has 0 bridgehead atoms. The van der Waals surface area contributed by atoms with Gasteiger partial charge in [0.05, 0.1) is 6.61 Å². The van der Waals surface area contributed by atoms with Crippen molar-refractivity contribution in [2.24, 2.45) is 0 Å². The topological polar surface area (TPSA) is 49.8 Å². The van der Waals surface area contributed by atoms with Gasteiger partial charge < -0.3 is 9.84 Å². The van der Waals surface area contributed by atoms with E-state index in [4.69, 9.17) is 4.74 Å². The number of phenolic OH excluding ortho intramolecular Hbond substituents is 1. The lowest BCUT2D eigenvalue weighted by Crippen LogP contribution is -2.46. The summed E-state index contributed by atoms with van der Waals surface area (Å²) in [7, 11) is 0. The summed E-state index contributed by atoms with van der Waals surface area (Å²) in [6, 6.07) is 12.2. The van der Waals surface area contributed by atoms with Gasteiger partial charge in [-0.1, -0.05) is 77.9 Å². The van der Waals surface area contributed by atoms with Gasteiger partial charge in [0.1, 0.15) is 11.8 Å². The Morgan fingerprint density at radius 1 is 1.03 bits per heavy atom. The van der Waals surface area contributed by atoms with Crippen molar-refractivity contribution < 1.29 is 14.6 Å². The van der Waals surface area contributed by atoms with Crippen LogP contribution in [0.25, 0.3) is 0 Å². The SMILES string of the molecule is CCOC(=O)C1Cc2ccccc2CN1Cc1cc(C(C)(C)C)c(O)c(C(C)(C)C)c1. The molecule has 0 saturated heterocycles. The minimum absolute atomic E-state index is 0.164. The maximum atomic E-state index is 12.8. The molecule has 31 heavy (non-hydrogen) atoms. The minimum Gasteiger partial charge on any atom is -0.507 e. The van der Waals surface area contributed by atoms with Crippen molar-refractivity contribution in [3.05, 3.63) is 64.2 Å². The van der Waals surface area contributed by atoms with Gasteiger partial charge in [0.15, 0.2) is 0 Å². The molecule has 4 heteroatoms. The van der Waals surface area contributed by atoms with Crippen LogP contribution in [0.15, 0.2) is 36.4 Å². The Morgan fingerprint density at radius 3 is 2.10 bits per heavy atom. The monoisotopic (exact) mass is 423 g/mol. The smallest absolute Gasteiger partial charge is 0.323 e. The number of ether oxygens (including phenoxy) is 1. The molecule has 1 heterocycles. The van der Waals surface area contributed by atoms with Gasteiger partial charge >= 0.3 is 5.97 Å². The molecule has 1 N–H and O–H groups in total. The summed E-state index contributed by atoms with van der Waals surface area (Å²) in [6.07, 6.45) is 0.658. The largest absolute Gasteiger partial charge is 0.507 e. The quantitative estimate of drug-likeness (QED) is 0.662. The van der Waals surface area contributed by atoms with Crippen LogP contribution in [-0.4, -0.2) is 28.6 Å². The highest BCUT2D eigenvalue weighted by Crippen LogP contribution is 2.40.